The summed E-state index contributed by atoms with van der Waals surface area (Å²) in [5.74, 6) is 0. The molecule has 17 rings (SSSR count). The maximum absolute atomic E-state index is 4.29. The molecular weight excluding hydrogens is 1200 g/mol. The van der Waals surface area contributed by atoms with E-state index in [4.69, 9.17) is 0 Å². The highest BCUT2D eigenvalue weighted by atomic mass is 79.9. The lowest BCUT2D eigenvalue weighted by molar-refractivity contribution is 1.12. The summed E-state index contributed by atoms with van der Waals surface area (Å²) in [6.07, 6.45) is 0. The van der Waals surface area contributed by atoms with E-state index in [9.17, 15) is 0 Å². The average molecular weight is 1250 g/mol. The van der Waals surface area contributed by atoms with Crippen LogP contribution in [-0.4, -0.2) is 9.13 Å². The van der Waals surface area contributed by atoms with Crippen molar-refractivity contribution >= 4 is 138 Å². The lowest BCUT2D eigenvalue weighted by Gasteiger charge is -2.16. The predicted octanol–water partition coefficient (Wildman–Crippen LogP) is 24.5. The van der Waals surface area contributed by atoms with E-state index >= 15 is 0 Å². The number of halogens is 2. The third-order valence-electron chi connectivity index (χ3n) is 17.3. The molecule has 0 aliphatic carbocycles. The van der Waals surface area contributed by atoms with Crippen molar-refractivity contribution in [2.24, 2.45) is 0 Å². The average Bonchev–Trinajstić information content (AvgIpc) is 1.73. The first-order chi connectivity index (χ1) is 41.8. The van der Waals surface area contributed by atoms with Crippen molar-refractivity contribution < 1.29 is 0 Å². The number of thiophene rings is 2. The van der Waals surface area contributed by atoms with Gasteiger partial charge >= 0.3 is 0 Å². The van der Waals surface area contributed by atoms with Gasteiger partial charge in [-0.1, -0.05) is 169 Å². The molecule has 85 heavy (non-hydrogen) atoms. The Morgan fingerprint density at radius 3 is 0.976 bits per heavy atom. The molecule has 0 unspecified atom stereocenters. The molecule has 0 atom stereocenters. The number of nitrogens with zero attached hydrogens (tertiary/aromatic N) is 2. The number of rotatable bonds is 8. The van der Waals surface area contributed by atoms with Crippen molar-refractivity contribution in [1.29, 1.82) is 0 Å². The first kappa shape index (κ1) is 50.4. The molecule has 0 bridgehead atoms. The zero-order chi connectivity index (χ0) is 56.4. The van der Waals surface area contributed by atoms with Crippen molar-refractivity contribution in [2.75, 3.05) is 0 Å². The number of hydrogen-bond acceptors (Lipinski definition) is 2. The SMILES string of the molecule is Cc1ccc(-c2cc(-c3ccccc3)cc(-c3ccc4c(c3)c3c5c(ccc3n4-c3cc(Br)c(-n4c6ccc(-c7cc(-c8ccccc8)cc(-c8ccccc8)c7)cc6c6c7c(ccc64)sc4ccccc47)cc3Br)sc3ccccc35)c2)cc1. The van der Waals surface area contributed by atoms with Gasteiger partial charge in [-0.2, -0.15) is 0 Å². The molecule has 0 N–H and O–H groups in total. The van der Waals surface area contributed by atoms with E-state index in [1.54, 1.807) is 0 Å². The predicted molar refractivity (Wildman–Crippen MR) is 374 cm³/mol. The Bertz CT molecular complexity index is 5500. The second-order valence-corrected chi connectivity index (χ2v) is 26.2. The van der Waals surface area contributed by atoms with Crippen LogP contribution in [0.15, 0.2) is 282 Å². The van der Waals surface area contributed by atoms with Crippen LogP contribution in [0.5, 0.6) is 0 Å². The molecule has 0 fully saturated rings. The highest BCUT2D eigenvalue weighted by Gasteiger charge is 2.25. The molecule has 13 aromatic carbocycles. The second-order valence-electron chi connectivity index (χ2n) is 22.3. The van der Waals surface area contributed by atoms with Crippen LogP contribution in [0.3, 0.4) is 0 Å². The fourth-order valence-corrected chi connectivity index (χ4v) is 16.5. The number of benzene rings is 13. The molecular formula is C79H48Br2N2S2. The third kappa shape index (κ3) is 8.30. The Balaban J connectivity index is 0.878. The van der Waals surface area contributed by atoms with Gasteiger partial charge in [-0.25, -0.2) is 0 Å². The fraction of sp³-hybridized carbons (Fsp3) is 0.0127. The highest BCUT2D eigenvalue weighted by molar-refractivity contribution is 9.11. The highest BCUT2D eigenvalue weighted by Crippen LogP contribution is 2.49. The van der Waals surface area contributed by atoms with Gasteiger partial charge in [0.2, 0.25) is 0 Å². The number of hydrogen-bond donors (Lipinski definition) is 0. The summed E-state index contributed by atoms with van der Waals surface area (Å²) in [4.78, 5) is 0. The Hall–Kier alpha value is -9.14. The van der Waals surface area contributed by atoms with E-state index < -0.39 is 0 Å². The van der Waals surface area contributed by atoms with Crippen LogP contribution in [-0.2, 0) is 0 Å². The smallest absolute Gasteiger partial charge is 0.0617 e. The van der Waals surface area contributed by atoms with E-state index in [1.165, 1.54) is 134 Å². The molecule has 6 heteroatoms. The normalized spacial score (nSPS) is 11.9. The van der Waals surface area contributed by atoms with E-state index in [-0.39, 0.29) is 0 Å². The van der Waals surface area contributed by atoms with Crippen molar-refractivity contribution in [1.82, 2.24) is 9.13 Å². The third-order valence-corrected chi connectivity index (χ3v) is 20.8. The molecule has 0 saturated carbocycles. The second kappa shape index (κ2) is 20.0. The molecule has 4 aromatic heterocycles. The monoisotopic (exact) mass is 1250 g/mol. The first-order valence-electron chi connectivity index (χ1n) is 28.7. The van der Waals surface area contributed by atoms with Crippen molar-refractivity contribution in [3.63, 3.8) is 0 Å². The van der Waals surface area contributed by atoms with Gasteiger partial charge in [-0.3, -0.25) is 0 Å². The minimum Gasteiger partial charge on any atom is -0.308 e. The molecule has 0 radical (unpaired) electrons. The molecule has 2 nitrogen and oxygen atoms in total. The summed E-state index contributed by atoms with van der Waals surface area (Å²) < 4.78 is 12.1. The molecule has 0 spiro atoms. The summed E-state index contributed by atoms with van der Waals surface area (Å²) >= 11 is 12.3. The van der Waals surface area contributed by atoms with Gasteiger partial charge in [0.05, 0.1) is 33.4 Å². The lowest BCUT2D eigenvalue weighted by atomic mass is 9.92. The van der Waals surface area contributed by atoms with Crippen molar-refractivity contribution in [2.45, 2.75) is 6.92 Å². The largest absolute Gasteiger partial charge is 0.308 e. The van der Waals surface area contributed by atoms with Crippen LogP contribution < -0.4 is 0 Å². The summed E-state index contributed by atoms with van der Waals surface area (Å²) in [6.45, 7) is 2.15. The minimum absolute atomic E-state index is 0.988. The Labute approximate surface area is 516 Å². The number of fused-ring (bicyclic) bond motifs is 14. The van der Waals surface area contributed by atoms with Gasteiger partial charge < -0.3 is 9.13 Å². The summed E-state index contributed by atoms with van der Waals surface area (Å²) in [6, 6.07) is 101. The van der Waals surface area contributed by atoms with Gasteiger partial charge in [0.1, 0.15) is 0 Å². The zero-order valence-corrected chi connectivity index (χ0v) is 50.8. The van der Waals surface area contributed by atoms with E-state index in [0.29, 0.717) is 0 Å². The summed E-state index contributed by atoms with van der Waals surface area (Å²) in [5, 5.41) is 10.1. The number of aromatic nitrogens is 2. The maximum Gasteiger partial charge on any atom is 0.0617 e. The molecule has 0 amide bonds. The fourth-order valence-electron chi connectivity index (χ4n) is 13.3. The zero-order valence-electron chi connectivity index (χ0n) is 45.9. The van der Waals surface area contributed by atoms with Crippen LogP contribution in [0, 0.1) is 6.92 Å². The number of aryl methyl sites for hydroxylation is 1. The topological polar surface area (TPSA) is 9.86 Å². The summed E-state index contributed by atoms with van der Waals surface area (Å²) in [5.41, 5.74) is 22.2. The quantitative estimate of drug-likeness (QED) is 0.143. The van der Waals surface area contributed by atoms with E-state index in [0.717, 1.165) is 42.4 Å². The van der Waals surface area contributed by atoms with Crippen LogP contribution in [0.25, 0.3) is 162 Å². The van der Waals surface area contributed by atoms with Gasteiger partial charge in [-0.05, 0) is 215 Å². The maximum atomic E-state index is 4.29. The Morgan fingerprint density at radius 2 is 0.576 bits per heavy atom. The van der Waals surface area contributed by atoms with Gasteiger partial charge in [0.25, 0.3) is 0 Å². The lowest BCUT2D eigenvalue weighted by Crippen LogP contribution is -2.00. The van der Waals surface area contributed by atoms with E-state index in [2.05, 4.69) is 321 Å². The van der Waals surface area contributed by atoms with Crippen LogP contribution >= 0.6 is 54.5 Å². The van der Waals surface area contributed by atoms with Crippen molar-refractivity contribution in [3.05, 3.63) is 287 Å². The van der Waals surface area contributed by atoms with Gasteiger partial charge in [-0.15, -0.1) is 22.7 Å². The van der Waals surface area contributed by atoms with Gasteiger partial charge in [0, 0.05) is 70.8 Å². The van der Waals surface area contributed by atoms with Crippen LogP contribution in [0.2, 0.25) is 0 Å². The molecule has 17 aromatic rings. The first-order valence-corrected chi connectivity index (χ1v) is 31.9. The van der Waals surface area contributed by atoms with Crippen LogP contribution in [0.1, 0.15) is 5.56 Å². The standard InChI is InChI=1S/C79H48Br2N2S2/c1-47-25-27-51(28-26-47)57-38-56(50-19-9-4-10-20-50)41-59(42-57)53-30-32-67-63(44-53)77-69(34-36-75-79(77)61-22-12-14-24-73(61)85-75)83(67)71-46-64(80)70(45-65(71)81)82-66-31-29-52(43-62(66)76-68(82)33-35-74-78(76)60-21-11-13-23-72(60)84-74)58-39-54(48-15-5-2-6-16-48)37-55(40-58)49-17-7-3-8-18-49/h2-46H,1H3. The molecule has 400 valence electrons. The van der Waals surface area contributed by atoms with E-state index in [1.807, 2.05) is 22.7 Å². The van der Waals surface area contributed by atoms with Crippen LogP contribution in [0.4, 0.5) is 0 Å². The Morgan fingerprint density at radius 1 is 0.247 bits per heavy atom. The molecule has 0 aliphatic heterocycles. The van der Waals surface area contributed by atoms with Gasteiger partial charge in [0.15, 0.2) is 0 Å². The summed E-state index contributed by atoms with van der Waals surface area (Å²) in [7, 11) is 0. The molecule has 0 saturated heterocycles. The molecule has 4 heterocycles. The Kier molecular flexibility index (Phi) is 11.9. The minimum atomic E-state index is 0.988. The molecule has 0 aliphatic rings. The van der Waals surface area contributed by atoms with Crippen molar-refractivity contribution in [3.8, 4) is 78.1 Å².